The Balaban J connectivity index is 5.58. The molecule has 0 aliphatic carbocycles. The Morgan fingerprint density at radius 3 is 2.35 bits per heavy atom. The molecule has 0 saturated heterocycles. The second kappa shape index (κ2) is 17.5. The maximum Gasteiger partial charge on any atom is 0.126 e. The maximum absolute atomic E-state index is 15.2. The molecule has 0 saturated carbocycles. The molecular weight excluding hydrogens is 451 g/mol. The summed E-state index contributed by atoms with van der Waals surface area (Å²) < 4.78 is 28.6. The van der Waals surface area contributed by atoms with Crippen LogP contribution in [0.15, 0.2) is 53.8 Å². The fourth-order valence-electron chi connectivity index (χ4n) is 3.28. The number of aliphatic imine (C=N–C) groups is 1. The van der Waals surface area contributed by atoms with Crippen molar-refractivity contribution < 1.29 is 8.78 Å². The molecule has 0 aliphatic rings. The summed E-state index contributed by atoms with van der Waals surface area (Å²) in [5.74, 6) is -0.259. The molecule has 0 rings (SSSR count). The molecule has 0 bridgehead atoms. The highest BCUT2D eigenvalue weighted by Gasteiger charge is 2.26. The number of halogens is 2. The van der Waals surface area contributed by atoms with E-state index in [1.54, 1.807) is 31.1 Å². The second-order valence-electron chi connectivity index (χ2n) is 7.39. The highest BCUT2D eigenvalue weighted by Crippen LogP contribution is 2.30. The molecule has 176 valence electrons. The topological polar surface area (TPSA) is 27.6 Å². The molecule has 0 aromatic rings. The van der Waals surface area contributed by atoms with E-state index in [-0.39, 0.29) is 5.75 Å². The van der Waals surface area contributed by atoms with Gasteiger partial charge in [-0.1, -0.05) is 51.7 Å². The van der Waals surface area contributed by atoms with Gasteiger partial charge in [-0.2, -0.15) is 12.6 Å². The lowest BCUT2D eigenvalue weighted by molar-refractivity contribution is 0.294. The molecule has 31 heavy (non-hydrogen) atoms. The molecule has 1 N–H and O–H groups in total. The molecule has 0 heterocycles. The van der Waals surface area contributed by atoms with Crippen LogP contribution >= 0.6 is 20.0 Å². The molecule has 3 nitrogen and oxygen atoms in total. The van der Waals surface area contributed by atoms with Crippen LogP contribution < -0.4 is 5.32 Å². The number of hydrogen-bond donors (Lipinski definition) is 2. The zero-order valence-electron chi connectivity index (χ0n) is 19.3. The van der Waals surface area contributed by atoms with E-state index in [9.17, 15) is 4.39 Å². The van der Waals surface area contributed by atoms with Gasteiger partial charge in [-0.15, -0.1) is 0 Å². The van der Waals surface area contributed by atoms with Gasteiger partial charge in [0.1, 0.15) is 11.7 Å². The van der Waals surface area contributed by atoms with Gasteiger partial charge in [-0.05, 0) is 44.9 Å². The zero-order chi connectivity index (χ0) is 23.8. The summed E-state index contributed by atoms with van der Waals surface area (Å²) in [7, 11) is 2.29. The lowest BCUT2D eigenvalue weighted by Gasteiger charge is -2.25. The van der Waals surface area contributed by atoms with Gasteiger partial charge < -0.3 is 10.2 Å². The van der Waals surface area contributed by atoms with Crippen molar-refractivity contribution >= 4 is 37.6 Å². The number of thiol groups is 1. The van der Waals surface area contributed by atoms with Gasteiger partial charge in [-0.25, -0.2) is 4.39 Å². The molecule has 0 spiro atoms. The monoisotopic (exact) mass is 489 g/mol. The largest absolute Gasteiger partial charge is 0.344 e. The van der Waals surface area contributed by atoms with Gasteiger partial charge in [0.05, 0.1) is 12.4 Å². The lowest BCUT2D eigenvalue weighted by atomic mass is 9.94. The molecular formula is C23H38F2N3PS2. The molecule has 0 aliphatic heterocycles. The van der Waals surface area contributed by atoms with Crippen molar-refractivity contribution in [2.45, 2.75) is 46.5 Å². The fourth-order valence-corrected chi connectivity index (χ4v) is 4.73. The number of alkyl halides is 1. The number of nitrogens with one attached hydrogen (secondary N) is 1. The summed E-state index contributed by atoms with van der Waals surface area (Å²) in [6.07, 6.45) is 9.62. The number of amidine groups is 1. The molecule has 8 heteroatoms. The predicted octanol–water partition coefficient (Wildman–Crippen LogP) is 7.03. The summed E-state index contributed by atoms with van der Waals surface area (Å²) in [4.78, 5) is 5.84. The highest BCUT2D eigenvalue weighted by molar-refractivity contribution is 7.96. The summed E-state index contributed by atoms with van der Waals surface area (Å²) in [6.45, 7) is 13.3. The van der Waals surface area contributed by atoms with Gasteiger partial charge in [0, 0.05) is 43.1 Å². The molecule has 0 aromatic heterocycles. The van der Waals surface area contributed by atoms with E-state index in [2.05, 4.69) is 49.9 Å². The average Bonchev–Trinajstić information content (AvgIpc) is 2.77. The maximum atomic E-state index is 15.2. The van der Waals surface area contributed by atoms with Crippen LogP contribution in [-0.2, 0) is 11.8 Å². The summed E-state index contributed by atoms with van der Waals surface area (Å²) in [5.41, 5.74) is 1.28. The van der Waals surface area contributed by atoms with E-state index < -0.39 is 24.3 Å². The molecule has 0 amide bonds. The van der Waals surface area contributed by atoms with Crippen molar-refractivity contribution in [1.29, 1.82) is 0 Å². The zero-order valence-corrected chi connectivity index (χ0v) is 21.9. The first-order valence-corrected chi connectivity index (χ1v) is 13.4. The van der Waals surface area contributed by atoms with Gasteiger partial charge in [-0.3, -0.25) is 9.38 Å². The van der Waals surface area contributed by atoms with Crippen molar-refractivity contribution in [3.05, 3.63) is 48.9 Å². The van der Waals surface area contributed by atoms with Crippen molar-refractivity contribution in [3.63, 3.8) is 0 Å². The van der Waals surface area contributed by atoms with E-state index in [1.807, 2.05) is 0 Å². The van der Waals surface area contributed by atoms with Crippen molar-refractivity contribution in [2.75, 3.05) is 25.6 Å². The number of nitrogens with zero attached hydrogens (tertiary/aromatic N) is 2. The van der Waals surface area contributed by atoms with Gasteiger partial charge in [0.25, 0.3) is 0 Å². The first kappa shape index (κ1) is 30.0. The standard InChI is InChI=1S/C23H38F2N3PS2/c1-7-10-19(11-8-2)17(4)27-22(26-6)12-13-28(9-3)18(5)23(25)21(15-29-31)20(14-24)16-30/h9,12-13,19-21,30H,3-4,7-8,10-11,14-16H2,1-2,5-6H3,(H,26,27)/b13-12-,23-18-. The van der Waals surface area contributed by atoms with Crippen LogP contribution in [0.5, 0.6) is 0 Å². The van der Waals surface area contributed by atoms with Crippen molar-refractivity contribution in [2.24, 2.45) is 22.7 Å². The third-order valence-corrected chi connectivity index (χ3v) is 6.68. The van der Waals surface area contributed by atoms with E-state index >= 15 is 4.39 Å². The van der Waals surface area contributed by atoms with Crippen LogP contribution in [0.25, 0.3) is 0 Å². The molecule has 2 unspecified atom stereocenters. The minimum Gasteiger partial charge on any atom is -0.344 e. The predicted molar refractivity (Wildman–Crippen MR) is 140 cm³/mol. The Labute approximate surface area is 200 Å². The second-order valence-corrected chi connectivity index (χ2v) is 9.15. The Morgan fingerprint density at radius 2 is 1.94 bits per heavy atom. The highest BCUT2D eigenvalue weighted by atomic mass is 32.4. The SMILES string of the molecule is C=CN(/C=C\C(=NC)NC(=C)C(CCC)CCC)/C(C)=C(\F)C(CP=S)C(CF)CS. The van der Waals surface area contributed by atoms with Crippen LogP contribution in [0.2, 0.25) is 0 Å². The molecule has 0 aromatic carbocycles. The number of hydrogen-bond acceptors (Lipinski definition) is 4. The van der Waals surface area contributed by atoms with Crippen LogP contribution in [0.3, 0.4) is 0 Å². The van der Waals surface area contributed by atoms with E-state index in [0.29, 0.717) is 31.0 Å². The minimum atomic E-state index is -0.640. The van der Waals surface area contributed by atoms with Gasteiger partial charge in [0.2, 0.25) is 0 Å². The number of rotatable bonds is 16. The minimum absolute atomic E-state index is 0.256. The van der Waals surface area contributed by atoms with E-state index in [0.717, 1.165) is 31.4 Å². The smallest absolute Gasteiger partial charge is 0.126 e. The first-order chi connectivity index (χ1) is 14.8. The van der Waals surface area contributed by atoms with Crippen LogP contribution in [0, 0.1) is 17.8 Å². The first-order valence-electron chi connectivity index (χ1n) is 10.7. The lowest BCUT2D eigenvalue weighted by Crippen LogP contribution is -2.26. The van der Waals surface area contributed by atoms with Crippen molar-refractivity contribution in [1.82, 2.24) is 10.2 Å². The van der Waals surface area contributed by atoms with Crippen molar-refractivity contribution in [3.8, 4) is 0 Å². The van der Waals surface area contributed by atoms with E-state index in [1.165, 1.54) is 6.20 Å². The Morgan fingerprint density at radius 1 is 1.32 bits per heavy atom. The summed E-state index contributed by atoms with van der Waals surface area (Å²) in [6, 6.07) is 0. The Hall–Kier alpha value is -1.04. The summed E-state index contributed by atoms with van der Waals surface area (Å²) in [5, 5.41) is 3.29. The normalized spacial score (nSPS) is 15.2. The third kappa shape index (κ3) is 10.4. The fraction of sp³-hybridized carbons (Fsp3) is 0.609. The third-order valence-electron chi connectivity index (χ3n) is 5.22. The molecule has 0 radical (unpaired) electrons. The summed E-state index contributed by atoms with van der Waals surface area (Å²) >= 11 is 9.18. The Kier molecular flexibility index (Phi) is 16.9. The van der Waals surface area contributed by atoms with E-state index in [4.69, 9.17) is 11.8 Å². The van der Waals surface area contributed by atoms with Crippen LogP contribution in [0.4, 0.5) is 8.78 Å². The van der Waals surface area contributed by atoms with Crippen LogP contribution in [-0.4, -0.2) is 36.4 Å². The Bertz CT molecular complexity index is 655. The quantitative estimate of drug-likeness (QED) is 0.105. The van der Waals surface area contributed by atoms with Crippen LogP contribution in [0.1, 0.15) is 46.5 Å². The number of allylic oxidation sites excluding steroid dienone is 3. The molecule has 0 fully saturated rings. The average molecular weight is 490 g/mol. The van der Waals surface area contributed by atoms with Gasteiger partial charge in [0.15, 0.2) is 0 Å². The molecule has 2 atom stereocenters. The van der Waals surface area contributed by atoms with Gasteiger partial charge >= 0.3 is 0 Å².